The Labute approximate surface area is 161 Å². The Balaban J connectivity index is 1.47. The number of nitrogens with zero attached hydrogens (tertiary/aromatic N) is 1. The van der Waals surface area contributed by atoms with Crippen molar-refractivity contribution < 1.29 is 14.4 Å². The molecule has 0 unspecified atom stereocenters. The third-order valence-electron chi connectivity index (χ3n) is 4.56. The van der Waals surface area contributed by atoms with Crippen LogP contribution in [0.25, 0.3) is 0 Å². The minimum absolute atomic E-state index is 0.252. The van der Waals surface area contributed by atoms with Gasteiger partial charge in [-0.15, -0.1) is 0 Å². The molecule has 0 saturated carbocycles. The molecule has 6 heteroatoms. The highest BCUT2D eigenvalue weighted by molar-refractivity contribution is 6.22. The Morgan fingerprint density at radius 1 is 0.750 bits per heavy atom. The minimum Gasteiger partial charge on any atom is -0.356 e. The normalized spacial score (nSPS) is 12.7. The van der Waals surface area contributed by atoms with Gasteiger partial charge in [0, 0.05) is 29.7 Å². The summed E-state index contributed by atoms with van der Waals surface area (Å²) in [6.07, 6.45) is 0. The number of benzene rings is 3. The molecule has 0 saturated heterocycles. The molecule has 6 nitrogen and oxygen atoms in total. The lowest BCUT2D eigenvalue weighted by atomic mass is 10.1. The number of hydrogen-bond acceptors (Lipinski definition) is 4. The highest BCUT2D eigenvalue weighted by Gasteiger charge is 2.33. The molecule has 1 heterocycles. The fourth-order valence-corrected chi connectivity index (χ4v) is 3.03. The standard InChI is InChI=1S/C22H17N3O3/c1-25-21(27)18-12-7-14(13-19(18)22(25)28)20(26)24-17-10-8-16(9-11-17)23-15-5-3-2-4-6-15/h2-13,23H,1H3,(H,24,26). The van der Waals surface area contributed by atoms with Gasteiger partial charge < -0.3 is 10.6 Å². The van der Waals surface area contributed by atoms with Crippen molar-refractivity contribution in [1.29, 1.82) is 0 Å². The molecule has 3 aromatic carbocycles. The number of nitrogens with one attached hydrogen (secondary N) is 2. The number of rotatable bonds is 4. The zero-order chi connectivity index (χ0) is 19.7. The fraction of sp³-hybridized carbons (Fsp3) is 0.0455. The second-order valence-electron chi connectivity index (χ2n) is 6.45. The van der Waals surface area contributed by atoms with Crippen molar-refractivity contribution in [3.8, 4) is 0 Å². The minimum atomic E-state index is -0.397. The third kappa shape index (κ3) is 3.23. The van der Waals surface area contributed by atoms with Gasteiger partial charge in [-0.3, -0.25) is 19.3 Å². The summed E-state index contributed by atoms with van der Waals surface area (Å²) in [4.78, 5) is 37.6. The van der Waals surface area contributed by atoms with Crippen LogP contribution in [0.15, 0.2) is 72.8 Å². The molecule has 138 valence electrons. The van der Waals surface area contributed by atoms with Crippen LogP contribution in [-0.4, -0.2) is 29.7 Å². The van der Waals surface area contributed by atoms with Gasteiger partial charge in [-0.2, -0.15) is 0 Å². The average molecular weight is 371 g/mol. The summed E-state index contributed by atoms with van der Waals surface area (Å²) in [5.41, 5.74) is 3.39. The van der Waals surface area contributed by atoms with Crippen molar-refractivity contribution in [3.63, 3.8) is 0 Å². The van der Waals surface area contributed by atoms with E-state index in [1.807, 2.05) is 42.5 Å². The summed E-state index contributed by atoms with van der Waals surface area (Å²) < 4.78 is 0. The predicted molar refractivity (Wildman–Crippen MR) is 107 cm³/mol. The van der Waals surface area contributed by atoms with Gasteiger partial charge in [0.25, 0.3) is 17.7 Å². The predicted octanol–water partition coefficient (Wildman–Crippen LogP) is 3.91. The Morgan fingerprint density at radius 3 is 2.07 bits per heavy atom. The molecule has 0 aliphatic carbocycles. The lowest BCUT2D eigenvalue weighted by molar-refractivity contribution is 0.0693. The number of hydrogen-bond donors (Lipinski definition) is 2. The van der Waals surface area contributed by atoms with Gasteiger partial charge in [-0.25, -0.2) is 0 Å². The van der Waals surface area contributed by atoms with E-state index >= 15 is 0 Å². The van der Waals surface area contributed by atoms with E-state index in [-0.39, 0.29) is 17.4 Å². The molecule has 0 radical (unpaired) electrons. The van der Waals surface area contributed by atoms with E-state index in [4.69, 9.17) is 0 Å². The lowest BCUT2D eigenvalue weighted by Gasteiger charge is -2.09. The van der Waals surface area contributed by atoms with Crippen molar-refractivity contribution in [2.75, 3.05) is 17.7 Å². The van der Waals surface area contributed by atoms with Crippen LogP contribution in [0, 0.1) is 0 Å². The van der Waals surface area contributed by atoms with Crippen molar-refractivity contribution in [3.05, 3.63) is 89.5 Å². The van der Waals surface area contributed by atoms with Gasteiger partial charge in [-0.05, 0) is 54.6 Å². The van der Waals surface area contributed by atoms with E-state index in [9.17, 15) is 14.4 Å². The second kappa shape index (κ2) is 7.00. The van der Waals surface area contributed by atoms with Gasteiger partial charge >= 0.3 is 0 Å². The monoisotopic (exact) mass is 371 g/mol. The molecular formula is C22H17N3O3. The Bertz CT molecular complexity index is 1080. The van der Waals surface area contributed by atoms with Gasteiger partial charge in [-0.1, -0.05) is 18.2 Å². The maximum atomic E-state index is 12.5. The van der Waals surface area contributed by atoms with Gasteiger partial charge in [0.1, 0.15) is 0 Å². The molecule has 1 aliphatic heterocycles. The summed E-state index contributed by atoms with van der Waals surface area (Å²) in [6.45, 7) is 0. The molecule has 3 amide bonds. The van der Waals surface area contributed by atoms with Crippen LogP contribution < -0.4 is 10.6 Å². The van der Waals surface area contributed by atoms with E-state index in [1.54, 1.807) is 18.2 Å². The first kappa shape index (κ1) is 17.5. The largest absolute Gasteiger partial charge is 0.356 e. The van der Waals surface area contributed by atoms with Gasteiger partial charge in [0.05, 0.1) is 11.1 Å². The summed E-state index contributed by atoms with van der Waals surface area (Å²) >= 11 is 0. The lowest BCUT2D eigenvalue weighted by Crippen LogP contribution is -2.24. The number of para-hydroxylation sites is 1. The van der Waals surface area contributed by atoms with Gasteiger partial charge in [0.15, 0.2) is 0 Å². The zero-order valence-electron chi connectivity index (χ0n) is 15.1. The molecule has 0 aromatic heterocycles. The topological polar surface area (TPSA) is 78.5 Å². The number of imide groups is 1. The molecule has 4 rings (SSSR count). The van der Waals surface area contributed by atoms with Crippen LogP contribution >= 0.6 is 0 Å². The molecule has 0 fully saturated rings. The molecule has 0 spiro atoms. The molecular weight excluding hydrogens is 354 g/mol. The van der Waals surface area contributed by atoms with E-state index in [0.29, 0.717) is 16.8 Å². The summed E-state index contributed by atoms with van der Waals surface area (Å²) in [6, 6.07) is 21.6. The number of fused-ring (bicyclic) bond motifs is 1. The van der Waals surface area contributed by atoms with E-state index in [0.717, 1.165) is 16.3 Å². The van der Waals surface area contributed by atoms with Crippen LogP contribution in [0.1, 0.15) is 31.1 Å². The maximum absolute atomic E-state index is 12.5. The fourth-order valence-electron chi connectivity index (χ4n) is 3.03. The highest BCUT2D eigenvalue weighted by Crippen LogP contribution is 2.24. The maximum Gasteiger partial charge on any atom is 0.261 e. The first-order chi connectivity index (χ1) is 13.5. The first-order valence-corrected chi connectivity index (χ1v) is 8.73. The number of carbonyl (C=O) groups is 3. The van der Waals surface area contributed by atoms with E-state index in [2.05, 4.69) is 10.6 Å². The average Bonchev–Trinajstić information content (AvgIpc) is 2.94. The molecule has 3 aromatic rings. The highest BCUT2D eigenvalue weighted by atomic mass is 16.2. The van der Waals surface area contributed by atoms with Crippen LogP contribution in [-0.2, 0) is 0 Å². The number of anilines is 3. The van der Waals surface area contributed by atoms with Crippen LogP contribution in [0.3, 0.4) is 0 Å². The molecule has 2 N–H and O–H groups in total. The smallest absolute Gasteiger partial charge is 0.261 e. The number of amides is 3. The van der Waals surface area contributed by atoms with E-state index < -0.39 is 5.91 Å². The molecule has 0 bridgehead atoms. The quantitative estimate of drug-likeness (QED) is 0.682. The SMILES string of the molecule is CN1C(=O)c2ccc(C(=O)Nc3ccc(Nc4ccccc4)cc3)cc2C1=O. The summed E-state index contributed by atoms with van der Waals surface area (Å²) in [5.74, 6) is -1.10. The Morgan fingerprint density at radius 2 is 1.36 bits per heavy atom. The van der Waals surface area contributed by atoms with Crippen LogP contribution in [0.4, 0.5) is 17.1 Å². The third-order valence-corrected chi connectivity index (χ3v) is 4.56. The first-order valence-electron chi connectivity index (χ1n) is 8.73. The van der Waals surface area contributed by atoms with Crippen molar-refractivity contribution in [2.24, 2.45) is 0 Å². The van der Waals surface area contributed by atoms with Gasteiger partial charge in [0.2, 0.25) is 0 Å². The zero-order valence-corrected chi connectivity index (χ0v) is 15.1. The van der Waals surface area contributed by atoms with Crippen molar-refractivity contribution in [2.45, 2.75) is 0 Å². The number of carbonyl (C=O) groups excluding carboxylic acids is 3. The Kier molecular flexibility index (Phi) is 4.37. The molecule has 28 heavy (non-hydrogen) atoms. The van der Waals surface area contributed by atoms with Crippen LogP contribution in [0.5, 0.6) is 0 Å². The van der Waals surface area contributed by atoms with Crippen LogP contribution in [0.2, 0.25) is 0 Å². The summed E-state index contributed by atoms with van der Waals surface area (Å²) in [7, 11) is 1.43. The van der Waals surface area contributed by atoms with E-state index in [1.165, 1.54) is 19.2 Å². The Hall–Kier alpha value is -3.93. The molecule has 0 atom stereocenters. The van der Waals surface area contributed by atoms with Crippen molar-refractivity contribution >= 4 is 34.8 Å². The summed E-state index contributed by atoms with van der Waals surface area (Å²) in [5, 5.41) is 6.07. The molecule has 1 aliphatic rings. The second-order valence-corrected chi connectivity index (χ2v) is 6.45. The van der Waals surface area contributed by atoms with Crippen molar-refractivity contribution in [1.82, 2.24) is 4.90 Å².